The van der Waals surface area contributed by atoms with E-state index in [1.165, 1.54) is 16.3 Å². The van der Waals surface area contributed by atoms with Crippen molar-refractivity contribution in [2.24, 2.45) is 0 Å². The SMILES string of the molecule is Nc1ncc(C2CCNCC2OCc2ccc3ccccc3c2)cn1. The van der Waals surface area contributed by atoms with Crippen molar-refractivity contribution < 1.29 is 4.74 Å². The fraction of sp³-hybridized carbons (Fsp3) is 0.300. The lowest BCUT2D eigenvalue weighted by molar-refractivity contribution is 0.0105. The molecule has 5 nitrogen and oxygen atoms in total. The Labute approximate surface area is 147 Å². The molecular weight excluding hydrogens is 312 g/mol. The first-order valence-electron chi connectivity index (χ1n) is 8.67. The zero-order valence-corrected chi connectivity index (χ0v) is 14.1. The second-order valence-electron chi connectivity index (χ2n) is 6.50. The molecule has 3 aromatic rings. The number of nitrogens with one attached hydrogen (secondary N) is 1. The lowest BCUT2D eigenvalue weighted by Gasteiger charge is -2.32. The van der Waals surface area contributed by atoms with Gasteiger partial charge in [0, 0.05) is 24.9 Å². The highest BCUT2D eigenvalue weighted by atomic mass is 16.5. The Morgan fingerprint density at radius 3 is 2.72 bits per heavy atom. The summed E-state index contributed by atoms with van der Waals surface area (Å²) in [4.78, 5) is 8.26. The highest BCUT2D eigenvalue weighted by Gasteiger charge is 2.27. The zero-order chi connectivity index (χ0) is 17.1. The minimum absolute atomic E-state index is 0.104. The maximum atomic E-state index is 6.27. The van der Waals surface area contributed by atoms with Gasteiger partial charge >= 0.3 is 0 Å². The van der Waals surface area contributed by atoms with Gasteiger partial charge in [0.25, 0.3) is 0 Å². The first kappa shape index (κ1) is 16.0. The van der Waals surface area contributed by atoms with E-state index in [0.29, 0.717) is 18.5 Å². The van der Waals surface area contributed by atoms with Crippen LogP contribution >= 0.6 is 0 Å². The highest BCUT2D eigenvalue weighted by Crippen LogP contribution is 2.28. The van der Waals surface area contributed by atoms with Crippen LogP contribution in [0, 0.1) is 0 Å². The van der Waals surface area contributed by atoms with Crippen molar-refractivity contribution in [3.8, 4) is 0 Å². The van der Waals surface area contributed by atoms with Crippen LogP contribution < -0.4 is 11.1 Å². The molecule has 0 radical (unpaired) electrons. The van der Waals surface area contributed by atoms with Crippen LogP contribution in [0.3, 0.4) is 0 Å². The Bertz CT molecular complexity index is 850. The van der Waals surface area contributed by atoms with Gasteiger partial charge in [-0.05, 0) is 40.9 Å². The zero-order valence-electron chi connectivity index (χ0n) is 14.1. The average molecular weight is 334 g/mol. The van der Waals surface area contributed by atoms with Crippen molar-refractivity contribution in [2.75, 3.05) is 18.8 Å². The standard InChI is InChI=1S/C20H22N4O/c21-20-23-10-17(11-24-20)18-7-8-22-12-19(18)25-13-14-5-6-15-3-1-2-4-16(15)9-14/h1-6,9-11,18-19,22H,7-8,12-13H2,(H2,21,23,24). The van der Waals surface area contributed by atoms with Gasteiger partial charge in [-0.2, -0.15) is 0 Å². The van der Waals surface area contributed by atoms with Crippen LogP contribution in [0.25, 0.3) is 10.8 Å². The molecule has 1 aromatic heterocycles. The third-order valence-corrected chi connectivity index (χ3v) is 4.82. The van der Waals surface area contributed by atoms with Gasteiger partial charge in [0.05, 0.1) is 12.7 Å². The van der Waals surface area contributed by atoms with Gasteiger partial charge in [-0.1, -0.05) is 36.4 Å². The molecule has 0 bridgehead atoms. The third-order valence-electron chi connectivity index (χ3n) is 4.82. The van der Waals surface area contributed by atoms with E-state index >= 15 is 0 Å². The molecule has 0 aliphatic carbocycles. The van der Waals surface area contributed by atoms with Gasteiger partial charge < -0.3 is 15.8 Å². The molecule has 1 fully saturated rings. The van der Waals surface area contributed by atoms with Gasteiger partial charge in [-0.15, -0.1) is 0 Å². The first-order chi connectivity index (χ1) is 12.3. The number of nitrogen functional groups attached to an aromatic ring is 1. The lowest BCUT2D eigenvalue weighted by Crippen LogP contribution is -2.41. The molecule has 4 rings (SSSR count). The number of aromatic nitrogens is 2. The molecule has 25 heavy (non-hydrogen) atoms. The summed E-state index contributed by atoms with van der Waals surface area (Å²) in [6.45, 7) is 2.41. The van der Waals surface area contributed by atoms with Crippen LogP contribution in [0.5, 0.6) is 0 Å². The third kappa shape index (κ3) is 3.62. The summed E-state index contributed by atoms with van der Waals surface area (Å²) < 4.78 is 6.27. The monoisotopic (exact) mass is 334 g/mol. The number of hydrogen-bond donors (Lipinski definition) is 2. The Balaban J connectivity index is 1.48. The van der Waals surface area contributed by atoms with Gasteiger partial charge in [0.15, 0.2) is 0 Å². The molecule has 0 spiro atoms. The van der Waals surface area contributed by atoms with Gasteiger partial charge in [-0.3, -0.25) is 0 Å². The van der Waals surface area contributed by atoms with Crippen LogP contribution in [0.1, 0.15) is 23.5 Å². The Morgan fingerprint density at radius 2 is 1.88 bits per heavy atom. The van der Waals surface area contributed by atoms with Crippen molar-refractivity contribution in [3.05, 3.63) is 66.0 Å². The van der Waals surface area contributed by atoms with Crippen molar-refractivity contribution in [2.45, 2.75) is 25.0 Å². The smallest absolute Gasteiger partial charge is 0.219 e. The molecule has 2 heterocycles. The number of nitrogens with two attached hydrogens (primary N) is 1. The van der Waals surface area contributed by atoms with E-state index in [2.05, 4.69) is 57.7 Å². The van der Waals surface area contributed by atoms with E-state index in [0.717, 1.165) is 25.1 Å². The number of piperidine rings is 1. The predicted octanol–water partition coefficient (Wildman–Crippen LogP) is 2.87. The minimum atomic E-state index is 0.104. The molecule has 128 valence electrons. The minimum Gasteiger partial charge on any atom is -0.372 e. The fourth-order valence-electron chi connectivity index (χ4n) is 3.46. The van der Waals surface area contributed by atoms with Crippen molar-refractivity contribution in [3.63, 3.8) is 0 Å². The number of ether oxygens (including phenoxy) is 1. The molecule has 1 aliphatic heterocycles. The predicted molar refractivity (Wildman–Crippen MR) is 99.2 cm³/mol. The maximum absolute atomic E-state index is 6.27. The van der Waals surface area contributed by atoms with Crippen molar-refractivity contribution in [1.82, 2.24) is 15.3 Å². The average Bonchev–Trinajstić information content (AvgIpc) is 2.67. The summed E-state index contributed by atoms with van der Waals surface area (Å²) in [5, 5.41) is 5.92. The molecule has 5 heteroatoms. The van der Waals surface area contributed by atoms with Crippen molar-refractivity contribution in [1.29, 1.82) is 0 Å². The van der Waals surface area contributed by atoms with Crippen LogP contribution in [-0.4, -0.2) is 29.2 Å². The van der Waals surface area contributed by atoms with Crippen LogP contribution in [-0.2, 0) is 11.3 Å². The summed E-state index contributed by atoms with van der Waals surface area (Å²) in [6.07, 6.45) is 4.76. The molecule has 0 saturated carbocycles. The largest absolute Gasteiger partial charge is 0.372 e. The lowest BCUT2D eigenvalue weighted by atomic mass is 9.89. The quantitative estimate of drug-likeness (QED) is 0.767. The van der Waals surface area contributed by atoms with E-state index in [4.69, 9.17) is 10.5 Å². The number of nitrogens with zero attached hydrogens (tertiary/aromatic N) is 2. The molecule has 2 atom stereocenters. The molecule has 3 N–H and O–H groups in total. The molecule has 2 aromatic carbocycles. The maximum Gasteiger partial charge on any atom is 0.219 e. The summed E-state index contributed by atoms with van der Waals surface area (Å²) in [6, 6.07) is 14.9. The number of anilines is 1. The van der Waals surface area contributed by atoms with E-state index < -0.39 is 0 Å². The Morgan fingerprint density at radius 1 is 1.08 bits per heavy atom. The normalized spacial score (nSPS) is 20.6. The number of hydrogen-bond acceptors (Lipinski definition) is 5. The van der Waals surface area contributed by atoms with E-state index in [1.807, 2.05) is 12.4 Å². The highest BCUT2D eigenvalue weighted by molar-refractivity contribution is 5.82. The van der Waals surface area contributed by atoms with Crippen LogP contribution in [0.4, 0.5) is 5.95 Å². The van der Waals surface area contributed by atoms with Gasteiger partial charge in [0.1, 0.15) is 0 Å². The van der Waals surface area contributed by atoms with Crippen molar-refractivity contribution >= 4 is 16.7 Å². The topological polar surface area (TPSA) is 73.1 Å². The number of fused-ring (bicyclic) bond motifs is 1. The fourth-order valence-corrected chi connectivity index (χ4v) is 3.46. The summed E-state index contributed by atoms with van der Waals surface area (Å²) in [5.74, 6) is 0.605. The van der Waals surface area contributed by atoms with Crippen LogP contribution in [0.2, 0.25) is 0 Å². The Kier molecular flexibility index (Phi) is 4.59. The molecule has 2 unspecified atom stereocenters. The van der Waals surface area contributed by atoms with Gasteiger partial charge in [0.2, 0.25) is 5.95 Å². The second-order valence-corrected chi connectivity index (χ2v) is 6.50. The summed E-state index contributed by atoms with van der Waals surface area (Å²) >= 11 is 0. The van der Waals surface area contributed by atoms with Gasteiger partial charge in [-0.25, -0.2) is 9.97 Å². The molecule has 1 saturated heterocycles. The Hall–Kier alpha value is -2.50. The first-order valence-corrected chi connectivity index (χ1v) is 8.67. The van der Waals surface area contributed by atoms with E-state index in [9.17, 15) is 0 Å². The van der Waals surface area contributed by atoms with E-state index in [-0.39, 0.29) is 6.10 Å². The second kappa shape index (κ2) is 7.17. The van der Waals surface area contributed by atoms with E-state index in [1.54, 1.807) is 0 Å². The molecule has 1 aliphatic rings. The summed E-state index contributed by atoms with van der Waals surface area (Å²) in [5.41, 5.74) is 7.89. The number of benzene rings is 2. The van der Waals surface area contributed by atoms with Crippen LogP contribution in [0.15, 0.2) is 54.9 Å². The molecule has 0 amide bonds. The number of rotatable bonds is 4. The molecular formula is C20H22N4O. The summed E-state index contributed by atoms with van der Waals surface area (Å²) in [7, 11) is 0.